The zero-order chi connectivity index (χ0) is 14.2. The van der Waals surface area contributed by atoms with Gasteiger partial charge in [0, 0.05) is 17.1 Å². The Labute approximate surface area is 116 Å². The summed E-state index contributed by atoms with van der Waals surface area (Å²) in [6.45, 7) is 1.59. The molecule has 0 fully saturated rings. The smallest absolute Gasteiger partial charge is 0.129 e. The van der Waals surface area contributed by atoms with Gasteiger partial charge in [-0.25, -0.2) is 4.39 Å². The lowest BCUT2D eigenvalue weighted by Gasteiger charge is -2.25. The van der Waals surface area contributed by atoms with Gasteiger partial charge >= 0.3 is 0 Å². The molecule has 1 atom stereocenters. The average molecular weight is 267 g/mol. The summed E-state index contributed by atoms with van der Waals surface area (Å²) < 4.78 is 13.9. The van der Waals surface area contributed by atoms with E-state index in [-0.39, 0.29) is 5.56 Å². The van der Waals surface area contributed by atoms with Crippen LogP contribution >= 0.6 is 0 Å². The molecular formula is C17H14FNO. The van der Waals surface area contributed by atoms with Gasteiger partial charge in [-0.05, 0) is 30.7 Å². The van der Waals surface area contributed by atoms with Crippen LogP contribution < -0.4 is 0 Å². The topological polar surface area (TPSA) is 33.1 Å². The highest BCUT2D eigenvalue weighted by Crippen LogP contribution is 2.32. The molecule has 0 radical (unpaired) electrons. The number of hydrogen-bond donors (Lipinski definition) is 1. The minimum atomic E-state index is -1.39. The fourth-order valence-corrected chi connectivity index (χ4v) is 2.38. The van der Waals surface area contributed by atoms with Crippen molar-refractivity contribution >= 4 is 10.9 Å². The molecule has 0 aliphatic carbocycles. The van der Waals surface area contributed by atoms with Crippen LogP contribution in [0.3, 0.4) is 0 Å². The number of pyridine rings is 1. The number of halogens is 1. The van der Waals surface area contributed by atoms with Gasteiger partial charge in [0.1, 0.15) is 11.4 Å². The molecule has 1 heterocycles. The third kappa shape index (κ3) is 2.06. The number of nitrogens with zero attached hydrogens (tertiary/aromatic N) is 1. The first-order chi connectivity index (χ1) is 9.59. The van der Waals surface area contributed by atoms with E-state index in [0.29, 0.717) is 5.56 Å². The molecule has 1 N–H and O–H groups in total. The number of benzene rings is 2. The van der Waals surface area contributed by atoms with Crippen molar-refractivity contribution < 1.29 is 9.50 Å². The second-order valence-electron chi connectivity index (χ2n) is 4.96. The lowest BCUT2D eigenvalue weighted by atomic mass is 9.87. The molecule has 20 heavy (non-hydrogen) atoms. The van der Waals surface area contributed by atoms with E-state index in [1.165, 1.54) is 6.07 Å². The van der Waals surface area contributed by atoms with Gasteiger partial charge in [0.15, 0.2) is 0 Å². The van der Waals surface area contributed by atoms with Gasteiger partial charge in [-0.3, -0.25) is 4.98 Å². The van der Waals surface area contributed by atoms with E-state index in [1.807, 2.05) is 18.2 Å². The van der Waals surface area contributed by atoms with Crippen LogP contribution in [-0.4, -0.2) is 10.1 Å². The standard InChI is InChI=1S/C17H14FNO/c1-17(20,14-6-2-3-7-15(14)18)13-9-8-12-5-4-10-19-16(12)11-13/h2-11,20H,1H3. The van der Waals surface area contributed by atoms with Gasteiger partial charge in [-0.1, -0.05) is 36.4 Å². The Morgan fingerprint density at radius 1 is 1.05 bits per heavy atom. The van der Waals surface area contributed by atoms with Crippen LogP contribution in [0.15, 0.2) is 60.8 Å². The van der Waals surface area contributed by atoms with E-state index in [2.05, 4.69) is 4.98 Å². The summed E-state index contributed by atoms with van der Waals surface area (Å²) in [5.74, 6) is -0.418. The molecule has 0 aliphatic rings. The predicted octanol–water partition coefficient (Wildman–Crippen LogP) is 3.63. The Morgan fingerprint density at radius 2 is 1.85 bits per heavy atom. The van der Waals surface area contributed by atoms with Crippen molar-refractivity contribution in [2.24, 2.45) is 0 Å². The van der Waals surface area contributed by atoms with Crippen molar-refractivity contribution in [2.75, 3.05) is 0 Å². The maximum absolute atomic E-state index is 13.9. The van der Waals surface area contributed by atoms with E-state index in [0.717, 1.165) is 10.9 Å². The molecule has 3 aromatic rings. The summed E-state index contributed by atoms with van der Waals surface area (Å²) in [6.07, 6.45) is 1.70. The van der Waals surface area contributed by atoms with Crippen LogP contribution in [0.5, 0.6) is 0 Å². The molecule has 3 rings (SSSR count). The number of hydrogen-bond acceptors (Lipinski definition) is 2. The third-order valence-electron chi connectivity index (χ3n) is 3.57. The van der Waals surface area contributed by atoms with Crippen LogP contribution in [0.2, 0.25) is 0 Å². The molecule has 1 unspecified atom stereocenters. The summed E-state index contributed by atoms with van der Waals surface area (Å²) in [6, 6.07) is 15.6. The normalized spacial score (nSPS) is 14.2. The zero-order valence-electron chi connectivity index (χ0n) is 11.0. The fraction of sp³-hybridized carbons (Fsp3) is 0.118. The Morgan fingerprint density at radius 3 is 2.65 bits per heavy atom. The Kier molecular flexibility index (Phi) is 2.99. The molecule has 0 saturated heterocycles. The van der Waals surface area contributed by atoms with Crippen molar-refractivity contribution in [3.8, 4) is 0 Å². The summed E-state index contributed by atoms with van der Waals surface area (Å²) in [5.41, 5.74) is 0.266. The lowest BCUT2D eigenvalue weighted by Crippen LogP contribution is -2.24. The van der Waals surface area contributed by atoms with Gasteiger partial charge in [0.05, 0.1) is 5.52 Å². The monoisotopic (exact) mass is 267 g/mol. The van der Waals surface area contributed by atoms with Gasteiger partial charge in [0.2, 0.25) is 0 Å². The molecule has 2 aromatic carbocycles. The van der Waals surface area contributed by atoms with Crippen LogP contribution in [-0.2, 0) is 5.60 Å². The van der Waals surface area contributed by atoms with Gasteiger partial charge in [-0.2, -0.15) is 0 Å². The molecule has 3 heteroatoms. The number of aromatic nitrogens is 1. The van der Waals surface area contributed by atoms with Crippen LogP contribution in [0.25, 0.3) is 10.9 Å². The molecule has 0 saturated carbocycles. The summed E-state index contributed by atoms with van der Waals surface area (Å²) in [4.78, 5) is 4.27. The minimum absolute atomic E-state index is 0.260. The van der Waals surface area contributed by atoms with E-state index < -0.39 is 11.4 Å². The van der Waals surface area contributed by atoms with Crippen molar-refractivity contribution in [2.45, 2.75) is 12.5 Å². The third-order valence-corrected chi connectivity index (χ3v) is 3.57. The van der Waals surface area contributed by atoms with Crippen LogP contribution in [0.4, 0.5) is 4.39 Å². The number of rotatable bonds is 2. The highest BCUT2D eigenvalue weighted by Gasteiger charge is 2.28. The number of fused-ring (bicyclic) bond motifs is 1. The summed E-state index contributed by atoms with van der Waals surface area (Å²) >= 11 is 0. The maximum Gasteiger partial charge on any atom is 0.129 e. The van der Waals surface area contributed by atoms with Crippen molar-refractivity contribution in [3.63, 3.8) is 0 Å². The Balaban J connectivity index is 2.16. The zero-order valence-corrected chi connectivity index (χ0v) is 11.0. The van der Waals surface area contributed by atoms with E-state index in [1.54, 1.807) is 43.5 Å². The van der Waals surface area contributed by atoms with Gasteiger partial charge in [0.25, 0.3) is 0 Å². The average Bonchev–Trinajstić information content (AvgIpc) is 2.47. The van der Waals surface area contributed by atoms with E-state index >= 15 is 0 Å². The Bertz CT molecular complexity index is 768. The minimum Gasteiger partial charge on any atom is -0.381 e. The fourth-order valence-electron chi connectivity index (χ4n) is 2.38. The highest BCUT2D eigenvalue weighted by atomic mass is 19.1. The van der Waals surface area contributed by atoms with Crippen LogP contribution in [0.1, 0.15) is 18.1 Å². The van der Waals surface area contributed by atoms with Crippen LogP contribution in [0, 0.1) is 5.82 Å². The molecule has 0 bridgehead atoms. The maximum atomic E-state index is 13.9. The van der Waals surface area contributed by atoms with E-state index in [9.17, 15) is 9.50 Å². The van der Waals surface area contributed by atoms with Crippen molar-refractivity contribution in [1.82, 2.24) is 4.98 Å². The summed E-state index contributed by atoms with van der Waals surface area (Å²) in [7, 11) is 0. The molecular weight excluding hydrogens is 253 g/mol. The highest BCUT2D eigenvalue weighted by molar-refractivity contribution is 5.79. The molecule has 1 aromatic heterocycles. The molecule has 0 amide bonds. The van der Waals surface area contributed by atoms with Crippen molar-refractivity contribution in [1.29, 1.82) is 0 Å². The SMILES string of the molecule is CC(O)(c1ccc2cccnc2c1)c1ccccc1F. The first kappa shape index (κ1) is 12.8. The van der Waals surface area contributed by atoms with Crippen molar-refractivity contribution in [3.05, 3.63) is 77.7 Å². The van der Waals surface area contributed by atoms with E-state index in [4.69, 9.17) is 0 Å². The lowest BCUT2D eigenvalue weighted by molar-refractivity contribution is 0.0981. The number of aliphatic hydroxyl groups is 1. The molecule has 0 aliphatic heterocycles. The summed E-state index contributed by atoms with van der Waals surface area (Å²) in [5, 5.41) is 11.7. The molecule has 100 valence electrons. The van der Waals surface area contributed by atoms with Gasteiger partial charge in [-0.15, -0.1) is 0 Å². The Hall–Kier alpha value is -2.26. The predicted molar refractivity (Wildman–Crippen MR) is 76.8 cm³/mol. The first-order valence-electron chi connectivity index (χ1n) is 6.42. The quantitative estimate of drug-likeness (QED) is 0.769. The second kappa shape index (κ2) is 4.69. The first-order valence-corrected chi connectivity index (χ1v) is 6.42. The molecule has 2 nitrogen and oxygen atoms in total. The largest absolute Gasteiger partial charge is 0.381 e. The molecule has 0 spiro atoms. The second-order valence-corrected chi connectivity index (χ2v) is 4.96. The van der Waals surface area contributed by atoms with Gasteiger partial charge < -0.3 is 5.11 Å².